The van der Waals surface area contributed by atoms with Crippen molar-refractivity contribution in [3.05, 3.63) is 0 Å². The first kappa shape index (κ1) is 91.1. The van der Waals surface area contributed by atoms with Gasteiger partial charge in [0.2, 0.25) is 0 Å². The monoisotopic (exact) mass is 1370 g/mol. The predicted octanol–water partition coefficient (Wildman–Crippen LogP) is 21.3. The lowest BCUT2D eigenvalue weighted by atomic mass is 9.99. The minimum atomic E-state index is -4.95. The topological polar surface area (TPSA) is 237 Å². The van der Waals surface area contributed by atoms with Crippen LogP contribution in [0.5, 0.6) is 0 Å². The number of aliphatic hydroxyl groups is 1. The van der Waals surface area contributed by atoms with Crippen LogP contribution in [0.25, 0.3) is 0 Å². The number of esters is 4. The van der Waals surface area contributed by atoms with Gasteiger partial charge in [-0.15, -0.1) is 0 Å². The number of carbonyl (C=O) groups excluding carboxylic acids is 4. The lowest BCUT2D eigenvalue weighted by Gasteiger charge is -2.21. The average Bonchev–Trinajstić information content (AvgIpc) is 3.27. The second-order valence-corrected chi connectivity index (χ2v) is 31.0. The highest BCUT2D eigenvalue weighted by atomic mass is 31.2. The number of hydrogen-bond donors (Lipinski definition) is 3. The Morgan fingerprint density at radius 1 is 0.301 bits per heavy atom. The summed E-state index contributed by atoms with van der Waals surface area (Å²) >= 11 is 0. The third kappa shape index (κ3) is 65.8. The Kier molecular flexibility index (Phi) is 62.2. The van der Waals surface area contributed by atoms with Crippen molar-refractivity contribution in [3.63, 3.8) is 0 Å². The second kappa shape index (κ2) is 63.5. The van der Waals surface area contributed by atoms with Crippen LogP contribution in [-0.2, 0) is 65.4 Å². The first-order valence-electron chi connectivity index (χ1n) is 38.3. The number of aliphatic hydroxyl groups excluding tert-OH is 1. The molecule has 0 bridgehead atoms. The summed E-state index contributed by atoms with van der Waals surface area (Å²) in [4.78, 5) is 72.7. The summed E-state index contributed by atoms with van der Waals surface area (Å²) in [5, 5.41) is 10.6. The Hall–Kier alpha value is -1.94. The van der Waals surface area contributed by atoms with E-state index in [4.69, 9.17) is 37.0 Å². The minimum Gasteiger partial charge on any atom is -0.462 e. The predicted molar refractivity (Wildman–Crippen MR) is 377 cm³/mol. The largest absolute Gasteiger partial charge is 0.472 e. The molecular formula is C74H144O17P2. The smallest absolute Gasteiger partial charge is 0.462 e. The number of hydrogen-bond acceptors (Lipinski definition) is 15. The van der Waals surface area contributed by atoms with Gasteiger partial charge in [0.25, 0.3) is 0 Å². The van der Waals surface area contributed by atoms with Crippen molar-refractivity contribution in [2.24, 2.45) is 23.7 Å². The molecule has 0 radical (unpaired) electrons. The molecule has 19 heteroatoms. The van der Waals surface area contributed by atoms with Crippen LogP contribution < -0.4 is 0 Å². The van der Waals surface area contributed by atoms with E-state index in [0.717, 1.165) is 120 Å². The highest BCUT2D eigenvalue weighted by Crippen LogP contribution is 2.45. The van der Waals surface area contributed by atoms with E-state index >= 15 is 0 Å². The fourth-order valence-electron chi connectivity index (χ4n) is 11.1. The van der Waals surface area contributed by atoms with Crippen LogP contribution in [0.15, 0.2) is 0 Å². The first-order valence-corrected chi connectivity index (χ1v) is 41.3. The Labute approximate surface area is 568 Å². The average molecular weight is 1370 g/mol. The Morgan fingerprint density at radius 3 is 0.763 bits per heavy atom. The lowest BCUT2D eigenvalue weighted by molar-refractivity contribution is -0.161. The Balaban J connectivity index is 5.21. The van der Waals surface area contributed by atoms with Gasteiger partial charge in [0.05, 0.1) is 26.4 Å². The zero-order valence-electron chi connectivity index (χ0n) is 60.9. The molecule has 17 nitrogen and oxygen atoms in total. The van der Waals surface area contributed by atoms with Gasteiger partial charge >= 0.3 is 39.5 Å². The van der Waals surface area contributed by atoms with Gasteiger partial charge in [0.15, 0.2) is 12.2 Å². The standard InChI is InChI=1S/C74H144O17P2/c1-9-66(7)52-44-36-27-23-19-15-11-12-16-20-24-28-40-48-56-73(78)90-69(60-84-71(76)54-46-38-32-30-35-43-51-65(5)6)62-88-92(80,81)86-58-68(75)59-87-93(82,83)89-63-70(61-85-72(77)55-47-39-33-31-37-45-53-67(8)10-2)91-74(79)57-49-41-29-25-21-17-13-14-18-22-26-34-42-50-64(3)4/h64-70,75H,9-63H2,1-8H3,(H,80,81)(H,82,83)/t66?,67?,68-,69+,70+/m0/s1. The molecule has 0 saturated carbocycles. The minimum absolute atomic E-state index is 0.106. The summed E-state index contributed by atoms with van der Waals surface area (Å²) in [6.07, 6.45) is 47.3. The number of phosphoric ester groups is 2. The zero-order valence-corrected chi connectivity index (χ0v) is 62.7. The molecule has 0 aliphatic carbocycles. The van der Waals surface area contributed by atoms with Gasteiger partial charge in [-0.3, -0.25) is 37.3 Å². The van der Waals surface area contributed by atoms with E-state index in [9.17, 15) is 43.2 Å². The van der Waals surface area contributed by atoms with E-state index in [1.165, 1.54) is 161 Å². The van der Waals surface area contributed by atoms with Crippen LogP contribution in [0.1, 0.15) is 370 Å². The molecule has 552 valence electrons. The molecule has 0 saturated heterocycles. The van der Waals surface area contributed by atoms with Gasteiger partial charge in [-0.2, -0.15) is 0 Å². The van der Waals surface area contributed by atoms with E-state index in [1.807, 2.05) is 0 Å². The molecule has 0 aliphatic heterocycles. The molecule has 93 heavy (non-hydrogen) atoms. The third-order valence-electron chi connectivity index (χ3n) is 17.8. The summed E-state index contributed by atoms with van der Waals surface area (Å²) in [5.41, 5.74) is 0. The second-order valence-electron chi connectivity index (χ2n) is 28.1. The van der Waals surface area contributed by atoms with Crippen molar-refractivity contribution in [2.75, 3.05) is 39.6 Å². The highest BCUT2D eigenvalue weighted by molar-refractivity contribution is 7.47. The Bertz CT molecular complexity index is 1840. The summed E-state index contributed by atoms with van der Waals surface area (Å²) in [6, 6.07) is 0. The molecule has 3 N–H and O–H groups in total. The first-order chi connectivity index (χ1) is 44.7. The maximum absolute atomic E-state index is 13.0. The van der Waals surface area contributed by atoms with Crippen LogP contribution in [0, 0.1) is 23.7 Å². The molecule has 0 heterocycles. The number of unbranched alkanes of at least 4 members (excludes halogenated alkanes) is 35. The van der Waals surface area contributed by atoms with Gasteiger partial charge in [-0.05, 0) is 49.4 Å². The zero-order chi connectivity index (χ0) is 68.9. The van der Waals surface area contributed by atoms with Gasteiger partial charge in [0.1, 0.15) is 19.3 Å². The molecular weight excluding hydrogens is 1220 g/mol. The van der Waals surface area contributed by atoms with Gasteiger partial charge in [-0.1, -0.05) is 319 Å². The van der Waals surface area contributed by atoms with Crippen molar-refractivity contribution >= 4 is 39.5 Å². The van der Waals surface area contributed by atoms with Crippen LogP contribution >= 0.6 is 15.6 Å². The van der Waals surface area contributed by atoms with Gasteiger partial charge < -0.3 is 33.8 Å². The van der Waals surface area contributed by atoms with Crippen LogP contribution in [0.4, 0.5) is 0 Å². The fraction of sp³-hybridized carbons (Fsp3) is 0.946. The summed E-state index contributed by atoms with van der Waals surface area (Å²) in [5.74, 6) is 0.916. The van der Waals surface area contributed by atoms with Crippen LogP contribution in [0.2, 0.25) is 0 Å². The van der Waals surface area contributed by atoms with E-state index in [0.29, 0.717) is 31.6 Å². The van der Waals surface area contributed by atoms with Gasteiger partial charge in [0, 0.05) is 25.7 Å². The lowest BCUT2D eigenvalue weighted by Crippen LogP contribution is -2.30. The molecule has 0 amide bonds. The fourth-order valence-corrected chi connectivity index (χ4v) is 12.7. The number of phosphoric acid groups is 2. The molecule has 0 aromatic carbocycles. The van der Waals surface area contributed by atoms with Crippen molar-refractivity contribution < 1.29 is 80.2 Å². The number of rotatable bonds is 71. The molecule has 7 atom stereocenters. The quantitative estimate of drug-likeness (QED) is 0.0222. The van der Waals surface area contributed by atoms with Gasteiger partial charge in [-0.25, -0.2) is 9.13 Å². The number of carbonyl (C=O) groups is 4. The van der Waals surface area contributed by atoms with Crippen LogP contribution in [0.3, 0.4) is 0 Å². The normalized spacial score (nSPS) is 14.8. The van der Waals surface area contributed by atoms with Crippen molar-refractivity contribution in [1.29, 1.82) is 0 Å². The molecule has 0 rings (SSSR count). The van der Waals surface area contributed by atoms with Crippen LogP contribution in [-0.4, -0.2) is 96.7 Å². The molecule has 4 unspecified atom stereocenters. The molecule has 0 aliphatic rings. The van der Waals surface area contributed by atoms with Crippen molar-refractivity contribution in [3.8, 4) is 0 Å². The molecule has 0 spiro atoms. The van der Waals surface area contributed by atoms with E-state index < -0.39 is 97.5 Å². The molecule has 0 aromatic heterocycles. The third-order valence-corrected chi connectivity index (χ3v) is 19.7. The number of ether oxygens (including phenoxy) is 4. The summed E-state index contributed by atoms with van der Waals surface area (Å²) in [6.45, 7) is 14.1. The molecule has 0 aromatic rings. The van der Waals surface area contributed by atoms with Crippen molar-refractivity contribution in [2.45, 2.75) is 388 Å². The maximum Gasteiger partial charge on any atom is 0.472 e. The Morgan fingerprint density at radius 2 is 0.516 bits per heavy atom. The van der Waals surface area contributed by atoms with Crippen molar-refractivity contribution in [1.82, 2.24) is 0 Å². The molecule has 0 fully saturated rings. The SMILES string of the molecule is CCC(C)CCCCCCCCCCCCCCCCC(=O)O[C@H](COC(=O)CCCCCCCCC(C)C)COP(=O)(O)OC[C@H](O)COP(=O)(O)OC[C@@H](COC(=O)CCCCCCCCC(C)CC)OC(=O)CCCCCCCCCCCCCCCC(C)C. The highest BCUT2D eigenvalue weighted by Gasteiger charge is 2.30. The summed E-state index contributed by atoms with van der Waals surface area (Å²) in [7, 11) is -9.91. The van der Waals surface area contributed by atoms with E-state index in [-0.39, 0.29) is 25.7 Å². The maximum atomic E-state index is 13.0. The van der Waals surface area contributed by atoms with E-state index in [2.05, 4.69) is 55.4 Å². The van der Waals surface area contributed by atoms with E-state index in [1.54, 1.807) is 0 Å². The summed E-state index contributed by atoms with van der Waals surface area (Å²) < 4.78 is 68.4.